The number of methoxy groups -OCH3 is 2. The SMILES string of the molecule is COc1cc2cc(c1Cl)N(C)C(=O)C[C@H](OC(=O)[C@H](C)N(C)C(=O)CCC(C)(C)SSC)[C@@H](C)C[C@H](C)[C@@H]1C[C@@](O)(NC(=O)O1)[C@H](OC)/C=C/C=C(\C)C2. The van der Waals surface area contributed by atoms with Crippen molar-refractivity contribution >= 4 is 62.8 Å². The number of carbonyl (C=O) groups excluding carboxylic acids is 4. The number of allylic oxidation sites excluding steroid dienone is 3. The number of fused-ring (bicyclic) bond motifs is 4. The van der Waals surface area contributed by atoms with E-state index in [0.717, 1.165) is 11.1 Å². The molecule has 0 spiro atoms. The third-order valence-corrected chi connectivity index (χ3v) is 13.3. The normalized spacial score (nSPS) is 27.8. The van der Waals surface area contributed by atoms with Crippen molar-refractivity contribution in [1.29, 1.82) is 0 Å². The quantitative estimate of drug-likeness (QED) is 0.187. The van der Waals surface area contributed by atoms with Crippen LogP contribution in [0.25, 0.3) is 0 Å². The van der Waals surface area contributed by atoms with Crippen molar-refractivity contribution in [3.8, 4) is 5.75 Å². The molecule has 54 heavy (non-hydrogen) atoms. The van der Waals surface area contributed by atoms with Crippen LogP contribution in [-0.2, 0) is 35.0 Å². The minimum Gasteiger partial charge on any atom is -0.495 e. The second-order valence-electron chi connectivity index (χ2n) is 15.1. The Labute approximate surface area is 333 Å². The minimum absolute atomic E-state index is 0.0185. The van der Waals surface area contributed by atoms with Gasteiger partial charge in [0.25, 0.3) is 0 Å². The van der Waals surface area contributed by atoms with E-state index in [2.05, 4.69) is 19.2 Å². The monoisotopic (exact) mass is 811 g/mol. The summed E-state index contributed by atoms with van der Waals surface area (Å²) in [7, 11) is 9.48. The number of hydrogen-bond donors (Lipinski definition) is 2. The molecule has 15 heteroatoms. The molecule has 2 heterocycles. The highest BCUT2D eigenvalue weighted by Gasteiger charge is 2.47. The molecular formula is C39H58ClN3O9S2. The van der Waals surface area contributed by atoms with Crippen LogP contribution in [0.15, 0.2) is 35.9 Å². The van der Waals surface area contributed by atoms with Gasteiger partial charge in [0.1, 0.15) is 35.1 Å². The van der Waals surface area contributed by atoms with Crippen molar-refractivity contribution < 1.29 is 43.2 Å². The molecule has 2 N–H and O–H groups in total. The van der Waals surface area contributed by atoms with Crippen molar-refractivity contribution in [2.24, 2.45) is 11.8 Å². The van der Waals surface area contributed by atoms with Crippen LogP contribution in [0, 0.1) is 11.8 Å². The maximum atomic E-state index is 14.1. The maximum Gasteiger partial charge on any atom is 0.409 e. The molecule has 4 bridgehead atoms. The molecule has 3 amide bonds. The lowest BCUT2D eigenvalue weighted by molar-refractivity contribution is -0.162. The summed E-state index contributed by atoms with van der Waals surface area (Å²) in [6.07, 6.45) is 5.50. The molecule has 1 fully saturated rings. The molecule has 1 saturated heterocycles. The third-order valence-electron chi connectivity index (χ3n) is 10.2. The van der Waals surface area contributed by atoms with E-state index in [1.807, 2.05) is 45.2 Å². The van der Waals surface area contributed by atoms with Gasteiger partial charge in [-0.2, -0.15) is 0 Å². The first-order valence-corrected chi connectivity index (χ1v) is 21.1. The van der Waals surface area contributed by atoms with Crippen LogP contribution in [0.2, 0.25) is 5.02 Å². The lowest BCUT2D eigenvalue weighted by atomic mass is 9.83. The molecule has 2 aliphatic heterocycles. The Morgan fingerprint density at radius 2 is 1.91 bits per heavy atom. The number of nitrogens with one attached hydrogen (secondary N) is 1. The van der Waals surface area contributed by atoms with Gasteiger partial charge in [0.05, 0.1) is 19.2 Å². The molecule has 0 aliphatic carbocycles. The van der Waals surface area contributed by atoms with Gasteiger partial charge in [-0.25, -0.2) is 9.59 Å². The highest BCUT2D eigenvalue weighted by molar-refractivity contribution is 8.76. The number of ether oxygens (including phenoxy) is 4. The number of halogens is 1. The van der Waals surface area contributed by atoms with Crippen LogP contribution in [0.5, 0.6) is 5.75 Å². The van der Waals surface area contributed by atoms with E-state index in [9.17, 15) is 24.3 Å². The number of amides is 3. The Balaban J connectivity index is 2.01. The van der Waals surface area contributed by atoms with E-state index >= 15 is 0 Å². The first-order chi connectivity index (χ1) is 25.2. The van der Waals surface area contributed by atoms with Gasteiger partial charge < -0.3 is 33.9 Å². The summed E-state index contributed by atoms with van der Waals surface area (Å²) in [5.74, 6) is -1.57. The molecule has 302 valence electrons. The van der Waals surface area contributed by atoms with Crippen LogP contribution in [-0.4, -0.2) is 103 Å². The predicted octanol–water partition coefficient (Wildman–Crippen LogP) is 6.95. The van der Waals surface area contributed by atoms with E-state index in [-0.39, 0.29) is 46.8 Å². The van der Waals surface area contributed by atoms with Crippen molar-refractivity contribution in [2.45, 2.75) is 115 Å². The molecule has 1 aromatic carbocycles. The number of aliphatic hydroxyl groups is 1. The highest BCUT2D eigenvalue weighted by atomic mass is 35.5. The summed E-state index contributed by atoms with van der Waals surface area (Å²) in [6.45, 7) is 11.4. The number of hydrogen-bond acceptors (Lipinski definition) is 11. The smallest absolute Gasteiger partial charge is 0.409 e. The summed E-state index contributed by atoms with van der Waals surface area (Å²) in [5.41, 5.74) is 0.429. The Kier molecular flexibility index (Phi) is 16.7. The van der Waals surface area contributed by atoms with Crippen LogP contribution in [0.4, 0.5) is 10.5 Å². The average Bonchev–Trinajstić information content (AvgIpc) is 3.10. The fourth-order valence-corrected chi connectivity index (χ4v) is 9.23. The van der Waals surface area contributed by atoms with Gasteiger partial charge in [-0.3, -0.25) is 14.9 Å². The number of rotatable bonds is 10. The van der Waals surface area contributed by atoms with E-state index < -0.39 is 48.1 Å². The Hall–Kier alpha value is -2.91. The van der Waals surface area contributed by atoms with E-state index in [4.69, 9.17) is 30.5 Å². The van der Waals surface area contributed by atoms with E-state index in [1.165, 1.54) is 24.0 Å². The van der Waals surface area contributed by atoms with Crippen LogP contribution in [0.3, 0.4) is 0 Å². The Morgan fingerprint density at radius 1 is 1.22 bits per heavy atom. The second-order valence-corrected chi connectivity index (χ2v) is 18.6. The second kappa shape index (κ2) is 19.8. The van der Waals surface area contributed by atoms with E-state index in [1.54, 1.807) is 54.8 Å². The van der Waals surface area contributed by atoms with Crippen molar-refractivity contribution in [1.82, 2.24) is 10.2 Å². The maximum absolute atomic E-state index is 14.1. The predicted molar refractivity (Wildman–Crippen MR) is 216 cm³/mol. The first-order valence-electron chi connectivity index (χ1n) is 18.1. The lowest BCUT2D eigenvalue weighted by Gasteiger charge is -2.42. The van der Waals surface area contributed by atoms with Crippen LogP contribution < -0.4 is 15.0 Å². The molecule has 12 nitrogen and oxygen atoms in total. The molecule has 7 atom stereocenters. The molecule has 0 aromatic heterocycles. The van der Waals surface area contributed by atoms with Gasteiger partial charge in [-0.1, -0.05) is 70.8 Å². The molecule has 0 saturated carbocycles. The number of nitrogens with zero attached hydrogens (tertiary/aromatic N) is 2. The summed E-state index contributed by atoms with van der Waals surface area (Å²) in [4.78, 5) is 56.7. The van der Waals surface area contributed by atoms with Crippen molar-refractivity contribution in [2.75, 3.05) is 39.5 Å². The number of esters is 1. The van der Waals surface area contributed by atoms with Crippen LogP contribution >= 0.6 is 33.2 Å². The number of likely N-dealkylation sites (N-methyl/N-ethyl adjacent to an activating group) is 1. The summed E-state index contributed by atoms with van der Waals surface area (Å²) >= 11 is 6.77. The lowest BCUT2D eigenvalue weighted by Crippen LogP contribution is -2.63. The van der Waals surface area contributed by atoms with E-state index in [0.29, 0.717) is 30.7 Å². The largest absolute Gasteiger partial charge is 0.495 e. The van der Waals surface area contributed by atoms with Crippen molar-refractivity contribution in [3.63, 3.8) is 0 Å². The van der Waals surface area contributed by atoms with Gasteiger partial charge in [-0.15, -0.1) is 0 Å². The molecule has 2 aliphatic rings. The van der Waals surface area contributed by atoms with Gasteiger partial charge in [0.15, 0.2) is 5.72 Å². The molecule has 0 radical (unpaired) electrons. The Bertz CT molecular complexity index is 1570. The number of anilines is 1. The Morgan fingerprint density at radius 3 is 2.54 bits per heavy atom. The van der Waals surface area contributed by atoms with Crippen molar-refractivity contribution in [3.05, 3.63) is 46.5 Å². The zero-order valence-electron chi connectivity index (χ0n) is 33.4. The molecule has 1 aromatic rings. The van der Waals surface area contributed by atoms with Gasteiger partial charge in [-0.05, 0) is 82.7 Å². The topological polar surface area (TPSA) is 144 Å². The third kappa shape index (κ3) is 12.0. The minimum atomic E-state index is -1.77. The van der Waals surface area contributed by atoms with Gasteiger partial charge in [0, 0.05) is 38.8 Å². The number of alkyl carbamates (subject to hydrolysis) is 1. The molecule has 3 rings (SSSR count). The fourth-order valence-electron chi connectivity index (χ4n) is 6.68. The first kappa shape index (κ1) is 45.5. The van der Waals surface area contributed by atoms with Gasteiger partial charge in [0.2, 0.25) is 11.8 Å². The fraction of sp³-hybridized carbons (Fsp3) is 0.641. The van der Waals surface area contributed by atoms with Crippen LogP contribution in [0.1, 0.15) is 79.2 Å². The molecular weight excluding hydrogens is 754 g/mol. The molecule has 0 unspecified atom stereocenters. The summed E-state index contributed by atoms with van der Waals surface area (Å²) in [5, 5.41) is 14.5. The standard InChI is InChI=1S/C39H58ClN3O9S2/c1-23-13-12-14-32(50-10)39(48)22-31(52-37(47)41-39)25(3)18-24(2)29(21-34(45)43(8)28-19-27(17-23)20-30(49-9)35(28)40)51-36(46)26(4)42(7)33(44)15-16-38(5,6)54-53-11/h12-14,19-20,24-26,29,31-32,48H,15-18,21-22H2,1-11H3,(H,41,47)/b14-12+,23-13+/t24-,25-,26-,29-,31-,32+,39-/m0/s1. The zero-order valence-corrected chi connectivity index (χ0v) is 35.8. The summed E-state index contributed by atoms with van der Waals surface area (Å²) < 4.78 is 22.9. The highest BCUT2D eigenvalue weighted by Crippen LogP contribution is 2.39. The summed E-state index contributed by atoms with van der Waals surface area (Å²) in [6, 6.07) is 2.71. The van der Waals surface area contributed by atoms with Gasteiger partial charge >= 0.3 is 12.1 Å². The number of benzene rings is 1. The zero-order chi connectivity index (χ0) is 40.5. The number of carbonyl (C=O) groups is 4. The average molecular weight is 812 g/mol.